The zero-order chi connectivity index (χ0) is 20.1. The van der Waals surface area contributed by atoms with Crippen LogP contribution in [0.25, 0.3) is 16.9 Å². The average Bonchev–Trinajstić information content (AvgIpc) is 3.09. The van der Waals surface area contributed by atoms with E-state index in [4.69, 9.17) is 14.3 Å². The fourth-order valence-corrected chi connectivity index (χ4v) is 3.13. The molecular weight excluding hydrogens is 356 g/mol. The minimum atomic E-state index is -0.289. The summed E-state index contributed by atoms with van der Waals surface area (Å²) in [5, 5.41) is 0. The number of hydrogen-bond donors (Lipinski definition) is 1. The largest absolute Gasteiger partial charge is 0.497 e. The zero-order valence-electron chi connectivity index (χ0n) is 16.5. The molecule has 0 fully saturated rings. The summed E-state index contributed by atoms with van der Waals surface area (Å²) in [5.41, 5.74) is 6.46. The van der Waals surface area contributed by atoms with Gasteiger partial charge in [-0.1, -0.05) is 30.3 Å². The third-order valence-electron chi connectivity index (χ3n) is 4.50. The second kappa shape index (κ2) is 8.63. The molecule has 0 saturated heterocycles. The Bertz CT molecular complexity index is 964. The summed E-state index contributed by atoms with van der Waals surface area (Å²) in [6.07, 6.45) is 0. The predicted octanol–water partition coefficient (Wildman–Crippen LogP) is 4.15. The molecule has 0 bridgehead atoms. The molecule has 1 amide bonds. The average molecular weight is 380 g/mol. The highest BCUT2D eigenvalue weighted by molar-refractivity contribution is 5.96. The van der Waals surface area contributed by atoms with E-state index in [2.05, 4.69) is 5.48 Å². The topological polar surface area (TPSA) is 61.7 Å². The van der Waals surface area contributed by atoms with E-state index in [-0.39, 0.29) is 5.91 Å². The van der Waals surface area contributed by atoms with E-state index in [0.717, 1.165) is 22.6 Å². The smallest absolute Gasteiger partial charge is 0.276 e. The summed E-state index contributed by atoms with van der Waals surface area (Å²) in [6.45, 7) is 4.11. The first-order chi connectivity index (χ1) is 13.6. The summed E-state index contributed by atoms with van der Waals surface area (Å²) in [4.78, 5) is 17.7. The van der Waals surface area contributed by atoms with Crippen LogP contribution in [-0.2, 0) is 4.84 Å². The van der Waals surface area contributed by atoms with Gasteiger partial charge in [-0.3, -0.25) is 9.63 Å². The molecule has 146 valence electrons. The number of hydroxylamine groups is 1. The number of nitrogens with zero attached hydrogens (tertiary/aromatic N) is 1. The predicted molar refractivity (Wildman–Crippen MR) is 108 cm³/mol. The molecule has 2 aromatic carbocycles. The lowest BCUT2D eigenvalue weighted by molar-refractivity contribution is 0.0364. The van der Waals surface area contributed by atoms with E-state index in [0.29, 0.717) is 23.7 Å². The molecule has 1 aromatic heterocycles. The van der Waals surface area contributed by atoms with Gasteiger partial charge in [0.25, 0.3) is 5.91 Å². The summed E-state index contributed by atoms with van der Waals surface area (Å²) < 4.78 is 12.9. The first kappa shape index (κ1) is 19.5. The second-order valence-corrected chi connectivity index (χ2v) is 6.13. The summed E-state index contributed by atoms with van der Waals surface area (Å²) in [6, 6.07) is 17.4. The molecule has 0 atom stereocenters. The minimum Gasteiger partial charge on any atom is -0.497 e. The molecular formula is C22H24N2O4. The highest BCUT2D eigenvalue weighted by atomic mass is 16.6. The van der Waals surface area contributed by atoms with Crippen LogP contribution >= 0.6 is 0 Å². The van der Waals surface area contributed by atoms with Gasteiger partial charge in [-0.2, -0.15) is 0 Å². The fourth-order valence-electron chi connectivity index (χ4n) is 3.13. The van der Waals surface area contributed by atoms with Crippen LogP contribution in [0.4, 0.5) is 0 Å². The van der Waals surface area contributed by atoms with Crippen LogP contribution in [-0.4, -0.2) is 31.3 Å². The number of methoxy groups -OCH3 is 2. The van der Waals surface area contributed by atoms with Crippen molar-refractivity contribution >= 4 is 5.91 Å². The van der Waals surface area contributed by atoms with Crippen molar-refractivity contribution in [2.24, 2.45) is 0 Å². The molecule has 0 unspecified atom stereocenters. The number of hydrogen-bond acceptors (Lipinski definition) is 4. The van der Waals surface area contributed by atoms with Gasteiger partial charge in [0.2, 0.25) is 0 Å². The first-order valence-corrected chi connectivity index (χ1v) is 9.03. The number of nitrogens with one attached hydrogen (secondary N) is 1. The maximum atomic E-state index is 12.6. The maximum Gasteiger partial charge on any atom is 0.276 e. The van der Waals surface area contributed by atoms with Crippen molar-refractivity contribution in [1.82, 2.24) is 10.0 Å². The van der Waals surface area contributed by atoms with Crippen molar-refractivity contribution in [2.45, 2.75) is 13.8 Å². The van der Waals surface area contributed by atoms with Crippen LogP contribution in [0.5, 0.6) is 11.5 Å². The third-order valence-corrected chi connectivity index (χ3v) is 4.50. The van der Waals surface area contributed by atoms with E-state index in [9.17, 15) is 4.79 Å². The third kappa shape index (κ3) is 3.73. The highest BCUT2D eigenvalue weighted by Crippen LogP contribution is 2.35. The van der Waals surface area contributed by atoms with Gasteiger partial charge in [0.1, 0.15) is 11.5 Å². The summed E-state index contributed by atoms with van der Waals surface area (Å²) in [5.74, 6) is 1.05. The van der Waals surface area contributed by atoms with Crippen molar-refractivity contribution in [2.75, 3.05) is 20.8 Å². The van der Waals surface area contributed by atoms with Gasteiger partial charge in [0.05, 0.1) is 37.8 Å². The maximum absolute atomic E-state index is 12.6. The van der Waals surface area contributed by atoms with Gasteiger partial charge in [-0.05, 0) is 37.6 Å². The Hall–Kier alpha value is -3.25. The van der Waals surface area contributed by atoms with Crippen LogP contribution in [0.2, 0.25) is 0 Å². The van der Waals surface area contributed by atoms with Gasteiger partial charge in [0.15, 0.2) is 0 Å². The molecule has 0 aliphatic heterocycles. The van der Waals surface area contributed by atoms with Crippen molar-refractivity contribution < 1.29 is 19.1 Å². The Kier molecular flexibility index (Phi) is 6.01. The number of rotatable bonds is 7. The molecule has 0 spiro atoms. The van der Waals surface area contributed by atoms with Crippen molar-refractivity contribution in [3.63, 3.8) is 0 Å². The lowest BCUT2D eigenvalue weighted by Gasteiger charge is -2.16. The quantitative estimate of drug-likeness (QED) is 0.626. The minimum absolute atomic E-state index is 0.289. The SMILES string of the molecule is CCONC(=O)c1cc(-c2ccccc2)n(-c2ccc(OC)cc2OC)c1C. The molecule has 0 saturated carbocycles. The number of aromatic nitrogens is 1. The Morgan fingerprint density at radius 3 is 2.43 bits per heavy atom. The monoisotopic (exact) mass is 380 g/mol. The standard InChI is InChI=1S/C22H24N2O4/c1-5-28-23-22(25)18-14-20(16-9-7-6-8-10-16)24(15(18)2)19-12-11-17(26-3)13-21(19)27-4/h6-14H,5H2,1-4H3,(H,23,25). The Balaban J connectivity index is 2.22. The fraction of sp³-hybridized carbons (Fsp3) is 0.227. The van der Waals surface area contributed by atoms with Gasteiger partial charge in [0, 0.05) is 11.8 Å². The summed E-state index contributed by atoms with van der Waals surface area (Å²) in [7, 11) is 3.23. The zero-order valence-corrected chi connectivity index (χ0v) is 16.5. The van der Waals surface area contributed by atoms with Crippen molar-refractivity contribution in [3.8, 4) is 28.4 Å². The number of benzene rings is 2. The molecule has 0 aliphatic rings. The molecule has 28 heavy (non-hydrogen) atoms. The van der Waals surface area contributed by atoms with Gasteiger partial charge >= 0.3 is 0 Å². The van der Waals surface area contributed by atoms with Crippen molar-refractivity contribution in [1.29, 1.82) is 0 Å². The Morgan fingerprint density at radius 1 is 1.04 bits per heavy atom. The molecule has 0 radical (unpaired) electrons. The first-order valence-electron chi connectivity index (χ1n) is 9.03. The lowest BCUT2D eigenvalue weighted by atomic mass is 10.1. The molecule has 0 aliphatic carbocycles. The summed E-state index contributed by atoms with van der Waals surface area (Å²) >= 11 is 0. The van der Waals surface area contributed by atoms with Crippen LogP contribution in [0, 0.1) is 6.92 Å². The van der Waals surface area contributed by atoms with Crippen LogP contribution in [0.3, 0.4) is 0 Å². The van der Waals surface area contributed by atoms with Crippen molar-refractivity contribution in [3.05, 3.63) is 65.9 Å². The Morgan fingerprint density at radius 2 is 1.79 bits per heavy atom. The normalized spacial score (nSPS) is 10.6. The van der Waals surface area contributed by atoms with E-state index in [1.165, 1.54) is 0 Å². The van der Waals surface area contributed by atoms with Crippen LogP contribution in [0.1, 0.15) is 23.0 Å². The van der Waals surface area contributed by atoms with E-state index in [1.54, 1.807) is 14.2 Å². The van der Waals surface area contributed by atoms with Crippen LogP contribution in [0.15, 0.2) is 54.6 Å². The van der Waals surface area contributed by atoms with Gasteiger partial charge in [-0.25, -0.2) is 5.48 Å². The molecule has 1 N–H and O–H groups in total. The number of ether oxygens (including phenoxy) is 2. The molecule has 1 heterocycles. The van der Waals surface area contributed by atoms with Crippen LogP contribution < -0.4 is 15.0 Å². The molecule has 6 nitrogen and oxygen atoms in total. The van der Waals surface area contributed by atoms with E-state index < -0.39 is 0 Å². The van der Waals surface area contributed by atoms with E-state index >= 15 is 0 Å². The Labute approximate surface area is 164 Å². The second-order valence-electron chi connectivity index (χ2n) is 6.13. The van der Waals surface area contributed by atoms with Gasteiger partial charge < -0.3 is 14.0 Å². The highest BCUT2D eigenvalue weighted by Gasteiger charge is 2.21. The van der Waals surface area contributed by atoms with Gasteiger partial charge in [-0.15, -0.1) is 0 Å². The number of carbonyl (C=O) groups is 1. The number of amides is 1. The lowest BCUT2D eigenvalue weighted by Crippen LogP contribution is -2.24. The number of carbonyl (C=O) groups excluding carboxylic acids is 1. The molecule has 3 aromatic rings. The molecule has 3 rings (SSSR count). The van der Waals surface area contributed by atoms with E-state index in [1.807, 2.05) is 73.0 Å². The molecule has 6 heteroatoms.